The number of methoxy groups -OCH3 is 1. The number of nitrogens with one attached hydrogen (secondary N) is 1. The molecule has 96 valence electrons. The Bertz CT molecular complexity index is 487. The molecule has 1 N–H and O–H groups in total. The molecule has 0 aliphatic heterocycles. The summed E-state index contributed by atoms with van der Waals surface area (Å²) in [6, 6.07) is 3.38. The van der Waals surface area contributed by atoms with Crippen LogP contribution in [-0.4, -0.2) is 30.8 Å². The van der Waals surface area contributed by atoms with Crippen molar-refractivity contribution < 1.29 is 23.5 Å². The van der Waals surface area contributed by atoms with Gasteiger partial charge in [-0.2, -0.15) is 0 Å². The first-order chi connectivity index (χ1) is 8.45. The molecule has 0 spiro atoms. The minimum Gasteiger partial charge on any atom is -0.467 e. The molecule has 1 rings (SSSR count). The first-order valence-corrected chi connectivity index (χ1v) is 5.10. The fraction of sp³-hybridized carbons (Fsp3) is 0.250. The Morgan fingerprint density at radius 1 is 1.33 bits per heavy atom. The van der Waals surface area contributed by atoms with Crippen LogP contribution < -0.4 is 5.32 Å². The highest BCUT2D eigenvalue weighted by atomic mass is 19.1. The summed E-state index contributed by atoms with van der Waals surface area (Å²) in [6.45, 7) is 1.16. The van der Waals surface area contributed by atoms with E-state index in [9.17, 15) is 18.8 Å². The van der Waals surface area contributed by atoms with Crippen molar-refractivity contribution in [3.05, 3.63) is 35.6 Å². The smallest absolute Gasteiger partial charge is 0.336 e. The summed E-state index contributed by atoms with van der Waals surface area (Å²) < 4.78 is 17.4. The van der Waals surface area contributed by atoms with Crippen LogP contribution in [0.3, 0.4) is 0 Å². The molecular formula is C12H12FNO4. The Hall–Kier alpha value is -2.24. The molecule has 0 heterocycles. The Labute approximate surface area is 103 Å². The number of esters is 1. The quantitative estimate of drug-likeness (QED) is 0.486. The van der Waals surface area contributed by atoms with Gasteiger partial charge in [-0.25, -0.2) is 9.18 Å². The molecule has 5 nitrogen and oxygen atoms in total. The molecular weight excluding hydrogens is 241 g/mol. The maximum absolute atomic E-state index is 13.0. The van der Waals surface area contributed by atoms with Crippen LogP contribution in [0.1, 0.15) is 17.3 Å². The summed E-state index contributed by atoms with van der Waals surface area (Å²) in [5.74, 6) is -2.79. The fourth-order valence-corrected chi connectivity index (χ4v) is 1.36. The molecule has 6 heteroatoms. The fourth-order valence-electron chi connectivity index (χ4n) is 1.36. The molecule has 0 bridgehead atoms. The van der Waals surface area contributed by atoms with Crippen molar-refractivity contribution in [3.8, 4) is 0 Å². The highest BCUT2D eigenvalue weighted by Crippen LogP contribution is 2.08. The van der Waals surface area contributed by atoms with Gasteiger partial charge in [0.15, 0.2) is 11.8 Å². The number of amides is 1. The summed E-state index contributed by atoms with van der Waals surface area (Å²) in [4.78, 5) is 34.3. The van der Waals surface area contributed by atoms with Gasteiger partial charge in [0.25, 0.3) is 0 Å². The monoisotopic (exact) mass is 253 g/mol. The standard InChI is InChI=1S/C12H12FNO4/c1-7(15)14-10(12(17)18-2)11(16)8-4-3-5-9(13)6-8/h3-6,10H,1-2H3,(H,14,15). The van der Waals surface area contributed by atoms with E-state index >= 15 is 0 Å². The van der Waals surface area contributed by atoms with Crippen molar-refractivity contribution in [1.82, 2.24) is 5.32 Å². The third-order valence-electron chi connectivity index (χ3n) is 2.16. The molecule has 1 aromatic rings. The van der Waals surface area contributed by atoms with Crippen LogP contribution in [0.2, 0.25) is 0 Å². The van der Waals surface area contributed by atoms with Crippen LogP contribution in [0.15, 0.2) is 24.3 Å². The van der Waals surface area contributed by atoms with E-state index in [0.29, 0.717) is 0 Å². The van der Waals surface area contributed by atoms with E-state index in [1.165, 1.54) is 18.2 Å². The topological polar surface area (TPSA) is 72.5 Å². The second-order valence-electron chi connectivity index (χ2n) is 3.53. The van der Waals surface area contributed by atoms with E-state index in [-0.39, 0.29) is 5.56 Å². The van der Waals surface area contributed by atoms with Crippen molar-refractivity contribution in [2.75, 3.05) is 7.11 Å². The average Bonchev–Trinajstić information content (AvgIpc) is 2.34. The number of hydrogen-bond acceptors (Lipinski definition) is 4. The van der Waals surface area contributed by atoms with Gasteiger partial charge in [0.2, 0.25) is 5.91 Å². The van der Waals surface area contributed by atoms with E-state index < -0.39 is 29.5 Å². The Balaban J connectivity index is 3.02. The van der Waals surface area contributed by atoms with Gasteiger partial charge in [0.05, 0.1) is 7.11 Å². The number of ketones is 1. The summed E-state index contributed by atoms with van der Waals surface area (Å²) in [5, 5.41) is 2.16. The molecule has 1 atom stereocenters. The molecule has 1 unspecified atom stereocenters. The number of rotatable bonds is 4. The van der Waals surface area contributed by atoms with E-state index in [2.05, 4.69) is 10.1 Å². The van der Waals surface area contributed by atoms with E-state index in [0.717, 1.165) is 20.1 Å². The normalized spacial score (nSPS) is 11.5. The molecule has 0 aliphatic rings. The number of carbonyl (C=O) groups excluding carboxylic acids is 3. The molecule has 0 fully saturated rings. The molecule has 0 radical (unpaired) electrons. The van der Waals surface area contributed by atoms with Gasteiger partial charge < -0.3 is 10.1 Å². The molecule has 0 saturated carbocycles. The molecule has 0 aliphatic carbocycles. The third-order valence-corrected chi connectivity index (χ3v) is 2.16. The molecule has 18 heavy (non-hydrogen) atoms. The summed E-state index contributed by atoms with van der Waals surface area (Å²) in [5.41, 5.74) is -0.0147. The Morgan fingerprint density at radius 3 is 2.50 bits per heavy atom. The number of carbonyl (C=O) groups is 3. The number of halogens is 1. The van der Waals surface area contributed by atoms with Crippen molar-refractivity contribution >= 4 is 17.7 Å². The Morgan fingerprint density at radius 2 is 2.00 bits per heavy atom. The largest absolute Gasteiger partial charge is 0.467 e. The van der Waals surface area contributed by atoms with Crippen LogP contribution in [0.5, 0.6) is 0 Å². The van der Waals surface area contributed by atoms with Crippen LogP contribution >= 0.6 is 0 Å². The lowest BCUT2D eigenvalue weighted by Gasteiger charge is -2.14. The van der Waals surface area contributed by atoms with Crippen molar-refractivity contribution in [2.45, 2.75) is 13.0 Å². The summed E-state index contributed by atoms with van der Waals surface area (Å²) in [6.07, 6.45) is 0. The van der Waals surface area contributed by atoms with E-state index in [1.807, 2.05) is 0 Å². The highest BCUT2D eigenvalue weighted by Gasteiger charge is 2.29. The summed E-state index contributed by atoms with van der Waals surface area (Å²) in [7, 11) is 1.09. The second kappa shape index (κ2) is 5.90. The van der Waals surface area contributed by atoms with E-state index in [1.54, 1.807) is 0 Å². The van der Waals surface area contributed by atoms with Crippen molar-refractivity contribution in [2.24, 2.45) is 0 Å². The molecule has 0 aromatic heterocycles. The number of Topliss-reactive ketones (excluding diaryl/α,β-unsaturated/α-hetero) is 1. The maximum atomic E-state index is 13.0. The zero-order valence-corrected chi connectivity index (χ0v) is 9.90. The lowest BCUT2D eigenvalue weighted by Crippen LogP contribution is -2.46. The predicted molar refractivity (Wildman–Crippen MR) is 60.4 cm³/mol. The van der Waals surface area contributed by atoms with Crippen LogP contribution in [0.25, 0.3) is 0 Å². The third kappa shape index (κ3) is 3.38. The van der Waals surface area contributed by atoms with Crippen LogP contribution in [0, 0.1) is 5.82 Å². The highest BCUT2D eigenvalue weighted by molar-refractivity contribution is 6.13. The molecule has 0 saturated heterocycles. The van der Waals surface area contributed by atoms with Gasteiger partial charge in [-0.15, -0.1) is 0 Å². The lowest BCUT2D eigenvalue weighted by atomic mass is 10.0. The van der Waals surface area contributed by atoms with Crippen molar-refractivity contribution in [1.29, 1.82) is 0 Å². The van der Waals surface area contributed by atoms with Gasteiger partial charge in [-0.1, -0.05) is 12.1 Å². The number of hydrogen-bond donors (Lipinski definition) is 1. The van der Waals surface area contributed by atoms with Gasteiger partial charge in [0, 0.05) is 12.5 Å². The molecule has 1 amide bonds. The lowest BCUT2D eigenvalue weighted by molar-refractivity contribution is -0.143. The first kappa shape index (κ1) is 13.8. The Kier molecular flexibility index (Phi) is 4.53. The number of ether oxygens (including phenoxy) is 1. The van der Waals surface area contributed by atoms with Crippen LogP contribution in [0.4, 0.5) is 4.39 Å². The maximum Gasteiger partial charge on any atom is 0.336 e. The minimum atomic E-state index is -1.46. The van der Waals surface area contributed by atoms with Gasteiger partial charge in [-0.05, 0) is 12.1 Å². The van der Waals surface area contributed by atoms with Gasteiger partial charge in [0.1, 0.15) is 5.82 Å². The predicted octanol–water partition coefficient (Wildman–Crippen LogP) is 0.686. The zero-order chi connectivity index (χ0) is 13.7. The summed E-state index contributed by atoms with van der Waals surface area (Å²) >= 11 is 0. The first-order valence-electron chi connectivity index (χ1n) is 5.10. The average molecular weight is 253 g/mol. The van der Waals surface area contributed by atoms with E-state index in [4.69, 9.17) is 0 Å². The SMILES string of the molecule is COC(=O)C(NC(C)=O)C(=O)c1cccc(F)c1. The van der Waals surface area contributed by atoms with Gasteiger partial charge in [-0.3, -0.25) is 9.59 Å². The molecule has 1 aromatic carbocycles. The second-order valence-corrected chi connectivity index (χ2v) is 3.53. The van der Waals surface area contributed by atoms with Crippen LogP contribution in [-0.2, 0) is 14.3 Å². The zero-order valence-electron chi connectivity index (χ0n) is 9.90. The van der Waals surface area contributed by atoms with Gasteiger partial charge >= 0.3 is 5.97 Å². The number of benzene rings is 1. The minimum absolute atomic E-state index is 0.0147. The van der Waals surface area contributed by atoms with Crippen molar-refractivity contribution in [3.63, 3.8) is 0 Å².